The first-order valence-electron chi connectivity index (χ1n) is 10.0. The average Bonchev–Trinajstić information content (AvgIpc) is 2.73. The van der Waals surface area contributed by atoms with E-state index in [9.17, 15) is 24.3 Å². The monoisotopic (exact) mass is 432 g/mol. The Balaban J connectivity index is 1.97. The second kappa shape index (κ2) is 10.1. The summed E-state index contributed by atoms with van der Waals surface area (Å²) in [5.74, 6) is -2.14. The number of nitrogens with one attached hydrogen (secondary N) is 2. The highest BCUT2D eigenvalue weighted by Gasteiger charge is 2.25. The summed E-state index contributed by atoms with van der Waals surface area (Å²) in [4.78, 5) is 47.3. The van der Waals surface area contributed by atoms with Crippen LogP contribution in [0.1, 0.15) is 37.0 Å². The van der Waals surface area contributed by atoms with Crippen molar-refractivity contribution in [3.05, 3.63) is 39.2 Å². The van der Waals surface area contributed by atoms with E-state index in [4.69, 9.17) is 9.15 Å². The summed E-state index contributed by atoms with van der Waals surface area (Å²) in [5, 5.41) is 14.8. The van der Waals surface area contributed by atoms with E-state index in [1.807, 2.05) is 13.8 Å². The highest BCUT2D eigenvalue weighted by molar-refractivity contribution is 5.89. The zero-order chi connectivity index (χ0) is 23.3. The number of fused-ring (bicyclic) bond motifs is 1. The summed E-state index contributed by atoms with van der Waals surface area (Å²) in [6.07, 6.45) is 0.585. The Morgan fingerprint density at radius 2 is 1.77 bits per heavy atom. The summed E-state index contributed by atoms with van der Waals surface area (Å²) in [6.45, 7) is 8.08. The molecule has 2 amide bonds. The Hall–Kier alpha value is -3.36. The van der Waals surface area contributed by atoms with Crippen molar-refractivity contribution in [3.8, 4) is 5.75 Å². The zero-order valence-electron chi connectivity index (χ0n) is 18.3. The molecule has 2 rings (SSSR count). The molecule has 0 aliphatic rings. The number of carboxylic acids is 1. The van der Waals surface area contributed by atoms with E-state index < -0.39 is 29.5 Å². The van der Waals surface area contributed by atoms with Gasteiger partial charge in [-0.3, -0.25) is 9.59 Å². The minimum atomic E-state index is -1.12. The largest absolute Gasteiger partial charge is 0.483 e. The number of ether oxygens (including phenoxy) is 1. The van der Waals surface area contributed by atoms with Gasteiger partial charge in [0.2, 0.25) is 5.91 Å². The quantitative estimate of drug-likeness (QED) is 0.515. The van der Waals surface area contributed by atoms with Gasteiger partial charge in [-0.25, -0.2) is 9.59 Å². The summed E-state index contributed by atoms with van der Waals surface area (Å²) >= 11 is 0. The SMILES string of the molecule is CC[C@H](C)[C@@H](NC(=O)CNC(=O)COc1ccc2c(C)c(C)c(=O)oc2c1C)C(=O)O. The molecule has 0 bridgehead atoms. The number of hydrogen-bond acceptors (Lipinski definition) is 6. The van der Waals surface area contributed by atoms with Crippen molar-refractivity contribution in [1.29, 1.82) is 0 Å². The van der Waals surface area contributed by atoms with Crippen molar-refractivity contribution in [3.63, 3.8) is 0 Å². The molecule has 0 aliphatic heterocycles. The minimum absolute atomic E-state index is 0.246. The number of benzene rings is 1. The van der Waals surface area contributed by atoms with Crippen LogP contribution in [-0.2, 0) is 14.4 Å². The van der Waals surface area contributed by atoms with E-state index in [0.717, 1.165) is 10.9 Å². The Bertz CT molecular complexity index is 1060. The molecule has 0 spiro atoms. The third-order valence-corrected chi connectivity index (χ3v) is 5.42. The fourth-order valence-corrected chi connectivity index (χ4v) is 3.06. The Kier molecular flexibility index (Phi) is 7.79. The molecule has 1 heterocycles. The van der Waals surface area contributed by atoms with Crippen LogP contribution in [0.2, 0.25) is 0 Å². The highest BCUT2D eigenvalue weighted by Crippen LogP contribution is 2.29. The number of carbonyl (C=O) groups excluding carboxylic acids is 2. The normalized spacial score (nSPS) is 12.8. The summed E-state index contributed by atoms with van der Waals surface area (Å²) in [7, 11) is 0. The van der Waals surface area contributed by atoms with Crippen molar-refractivity contribution < 1.29 is 28.6 Å². The van der Waals surface area contributed by atoms with Crippen LogP contribution < -0.4 is 21.0 Å². The summed E-state index contributed by atoms with van der Waals surface area (Å²) < 4.78 is 10.9. The topological polar surface area (TPSA) is 135 Å². The van der Waals surface area contributed by atoms with Gasteiger partial charge < -0.3 is 24.9 Å². The molecular weight excluding hydrogens is 404 g/mol. The van der Waals surface area contributed by atoms with Crippen LogP contribution in [-0.4, -0.2) is 42.1 Å². The lowest BCUT2D eigenvalue weighted by atomic mass is 9.99. The number of carboxylic acid groups (broad SMARTS) is 1. The molecule has 1 aromatic heterocycles. The molecule has 0 saturated heterocycles. The van der Waals surface area contributed by atoms with Gasteiger partial charge in [-0.15, -0.1) is 0 Å². The van der Waals surface area contributed by atoms with Gasteiger partial charge >= 0.3 is 11.6 Å². The van der Waals surface area contributed by atoms with Crippen molar-refractivity contribution in [2.75, 3.05) is 13.2 Å². The van der Waals surface area contributed by atoms with Crippen LogP contribution in [0.15, 0.2) is 21.3 Å². The third kappa shape index (κ3) is 5.62. The molecule has 31 heavy (non-hydrogen) atoms. The fraction of sp³-hybridized carbons (Fsp3) is 0.455. The van der Waals surface area contributed by atoms with Crippen LogP contribution in [0.25, 0.3) is 11.0 Å². The first-order chi connectivity index (χ1) is 14.6. The molecule has 2 atom stereocenters. The minimum Gasteiger partial charge on any atom is -0.483 e. The first kappa shape index (κ1) is 23.9. The van der Waals surface area contributed by atoms with E-state index in [1.165, 1.54) is 0 Å². The molecule has 0 radical (unpaired) electrons. The second-order valence-corrected chi connectivity index (χ2v) is 7.54. The van der Waals surface area contributed by atoms with Crippen molar-refractivity contribution in [2.45, 2.75) is 47.1 Å². The van der Waals surface area contributed by atoms with Gasteiger partial charge in [-0.2, -0.15) is 0 Å². The fourth-order valence-electron chi connectivity index (χ4n) is 3.06. The van der Waals surface area contributed by atoms with Gasteiger partial charge in [0.25, 0.3) is 5.91 Å². The number of amides is 2. The number of aryl methyl sites for hydroxylation is 2. The maximum atomic E-state index is 12.1. The Labute approximate surface area is 179 Å². The van der Waals surface area contributed by atoms with Crippen LogP contribution >= 0.6 is 0 Å². The molecule has 1 aromatic carbocycles. The Morgan fingerprint density at radius 1 is 1.10 bits per heavy atom. The number of rotatable bonds is 9. The molecule has 9 heteroatoms. The van der Waals surface area contributed by atoms with Crippen LogP contribution in [0.4, 0.5) is 0 Å². The maximum Gasteiger partial charge on any atom is 0.339 e. The lowest BCUT2D eigenvalue weighted by Gasteiger charge is -2.20. The molecule has 9 nitrogen and oxygen atoms in total. The third-order valence-electron chi connectivity index (χ3n) is 5.42. The second-order valence-electron chi connectivity index (χ2n) is 7.54. The molecule has 168 valence electrons. The first-order valence-corrected chi connectivity index (χ1v) is 10.0. The predicted molar refractivity (Wildman–Crippen MR) is 114 cm³/mol. The van der Waals surface area contributed by atoms with Crippen molar-refractivity contribution in [1.82, 2.24) is 10.6 Å². The zero-order valence-corrected chi connectivity index (χ0v) is 18.3. The van der Waals surface area contributed by atoms with E-state index in [1.54, 1.807) is 32.9 Å². The number of carbonyl (C=O) groups is 3. The molecule has 3 N–H and O–H groups in total. The Morgan fingerprint density at radius 3 is 2.39 bits per heavy atom. The molecule has 0 saturated carbocycles. The lowest BCUT2D eigenvalue weighted by Crippen LogP contribution is -2.48. The van der Waals surface area contributed by atoms with Gasteiger partial charge in [0.05, 0.1) is 6.54 Å². The van der Waals surface area contributed by atoms with E-state index in [-0.39, 0.29) is 19.1 Å². The summed E-state index contributed by atoms with van der Waals surface area (Å²) in [5.41, 5.74) is 1.92. The molecule has 2 aromatic rings. The molecule has 0 unspecified atom stereocenters. The van der Waals surface area contributed by atoms with E-state index >= 15 is 0 Å². The maximum absolute atomic E-state index is 12.1. The van der Waals surface area contributed by atoms with Gasteiger partial charge in [-0.05, 0) is 44.4 Å². The van der Waals surface area contributed by atoms with Crippen LogP contribution in [0, 0.1) is 26.7 Å². The van der Waals surface area contributed by atoms with E-state index in [2.05, 4.69) is 10.6 Å². The smallest absolute Gasteiger partial charge is 0.339 e. The van der Waals surface area contributed by atoms with Crippen LogP contribution in [0.5, 0.6) is 5.75 Å². The van der Waals surface area contributed by atoms with Gasteiger partial charge in [0.15, 0.2) is 6.61 Å². The molecule has 0 fully saturated rings. The highest BCUT2D eigenvalue weighted by atomic mass is 16.5. The standard InChI is InChI=1S/C22H28N2O7/c1-6-11(2)19(21(27)28)24-17(25)9-23-18(26)10-30-16-8-7-15-12(3)13(4)22(29)31-20(15)14(16)5/h7-8,11,19H,6,9-10H2,1-5H3,(H,23,26)(H,24,25)(H,27,28)/t11-,19+/m0/s1. The predicted octanol–water partition coefficient (Wildman–Crippen LogP) is 1.83. The number of aliphatic carboxylic acids is 1. The van der Waals surface area contributed by atoms with Crippen LogP contribution in [0.3, 0.4) is 0 Å². The van der Waals surface area contributed by atoms with Crippen molar-refractivity contribution in [2.24, 2.45) is 5.92 Å². The number of hydrogen-bond donors (Lipinski definition) is 3. The van der Waals surface area contributed by atoms with Gasteiger partial charge in [0.1, 0.15) is 17.4 Å². The lowest BCUT2D eigenvalue weighted by molar-refractivity contribution is -0.143. The van der Waals surface area contributed by atoms with Gasteiger partial charge in [-0.1, -0.05) is 20.3 Å². The summed E-state index contributed by atoms with van der Waals surface area (Å²) in [6, 6.07) is 2.43. The van der Waals surface area contributed by atoms with E-state index in [0.29, 0.717) is 28.9 Å². The average molecular weight is 432 g/mol. The molecular formula is C22H28N2O7. The van der Waals surface area contributed by atoms with Gasteiger partial charge in [0, 0.05) is 16.5 Å². The van der Waals surface area contributed by atoms with Crippen molar-refractivity contribution >= 4 is 28.8 Å². The molecule has 0 aliphatic carbocycles.